The Kier molecular flexibility index (Phi) is 3.60. The third-order valence-electron chi connectivity index (χ3n) is 2.72. The minimum atomic E-state index is -0.894. The Morgan fingerprint density at radius 1 is 1.18 bits per heavy atom. The van der Waals surface area contributed by atoms with Crippen molar-refractivity contribution < 1.29 is 5.11 Å². The summed E-state index contributed by atoms with van der Waals surface area (Å²) >= 11 is 3.39. The minimum absolute atomic E-state index is 0.509. The highest BCUT2D eigenvalue weighted by molar-refractivity contribution is 9.10. The van der Waals surface area contributed by atoms with Crippen LogP contribution in [0.5, 0.6) is 0 Å². The van der Waals surface area contributed by atoms with Crippen LogP contribution in [0.2, 0.25) is 0 Å². The largest absolute Gasteiger partial charge is 0.385 e. The molecule has 0 saturated carbocycles. The van der Waals surface area contributed by atoms with Crippen molar-refractivity contribution in [2.24, 2.45) is 0 Å². The zero-order valence-corrected chi connectivity index (χ0v) is 11.2. The van der Waals surface area contributed by atoms with Crippen LogP contribution in [-0.4, -0.2) is 10.1 Å². The molecule has 1 aromatic carbocycles. The smallest absolute Gasteiger partial charge is 0.0923 e. The molecule has 1 aromatic heterocycles. The lowest BCUT2D eigenvalue weighted by molar-refractivity contribution is 0.0566. The molecule has 0 fully saturated rings. The lowest BCUT2D eigenvalue weighted by Gasteiger charge is -2.23. The molecule has 0 aliphatic heterocycles. The van der Waals surface area contributed by atoms with E-state index in [2.05, 4.69) is 20.9 Å². The molecule has 2 nitrogen and oxygen atoms in total. The molecule has 3 heteroatoms. The summed E-state index contributed by atoms with van der Waals surface area (Å²) in [6.45, 7) is 1.81. The van der Waals surface area contributed by atoms with E-state index in [9.17, 15) is 5.11 Å². The lowest BCUT2D eigenvalue weighted by Crippen LogP contribution is -2.24. The van der Waals surface area contributed by atoms with E-state index < -0.39 is 5.60 Å². The number of hydrogen-bond acceptors (Lipinski definition) is 2. The maximum absolute atomic E-state index is 10.5. The van der Waals surface area contributed by atoms with Gasteiger partial charge in [0.15, 0.2) is 0 Å². The first-order valence-electron chi connectivity index (χ1n) is 5.46. The number of hydrogen-bond donors (Lipinski definition) is 1. The molecule has 2 rings (SSSR count). The van der Waals surface area contributed by atoms with Crippen molar-refractivity contribution in [1.29, 1.82) is 0 Å². The molecule has 2 aromatic rings. The summed E-state index contributed by atoms with van der Waals surface area (Å²) in [6, 6.07) is 13.4. The van der Waals surface area contributed by atoms with Gasteiger partial charge >= 0.3 is 0 Å². The summed E-state index contributed by atoms with van der Waals surface area (Å²) in [4.78, 5) is 4.24. The van der Waals surface area contributed by atoms with Crippen LogP contribution >= 0.6 is 15.9 Å². The topological polar surface area (TPSA) is 33.1 Å². The Balaban J connectivity index is 2.21. The van der Waals surface area contributed by atoms with Gasteiger partial charge in [0, 0.05) is 22.8 Å². The van der Waals surface area contributed by atoms with Crippen molar-refractivity contribution in [3.05, 3.63) is 64.4 Å². The summed E-state index contributed by atoms with van der Waals surface area (Å²) in [5.41, 5.74) is 0.890. The molecular weight excluding hydrogens is 278 g/mol. The zero-order chi connectivity index (χ0) is 12.3. The standard InChI is InChI=1S/C14H14BrNO/c1-14(17,10-13-4-2-3-9-16-13)11-5-7-12(15)8-6-11/h2-9,17H,10H2,1H3. The second kappa shape index (κ2) is 4.98. The SMILES string of the molecule is CC(O)(Cc1ccccn1)c1ccc(Br)cc1. The van der Waals surface area contributed by atoms with Gasteiger partial charge in [0.1, 0.15) is 0 Å². The molecule has 0 amide bonds. The van der Waals surface area contributed by atoms with Crippen LogP contribution in [-0.2, 0) is 12.0 Å². The highest BCUT2D eigenvalue weighted by Crippen LogP contribution is 2.25. The first-order valence-corrected chi connectivity index (χ1v) is 6.25. The zero-order valence-electron chi connectivity index (χ0n) is 9.60. The quantitative estimate of drug-likeness (QED) is 0.941. The number of aliphatic hydroxyl groups is 1. The van der Waals surface area contributed by atoms with E-state index in [1.54, 1.807) is 6.20 Å². The molecule has 0 saturated heterocycles. The van der Waals surface area contributed by atoms with E-state index in [0.29, 0.717) is 6.42 Å². The first kappa shape index (κ1) is 12.3. The summed E-state index contributed by atoms with van der Waals surface area (Å²) < 4.78 is 1.01. The number of halogens is 1. The Labute approximate surface area is 109 Å². The third kappa shape index (κ3) is 3.14. The summed E-state index contributed by atoms with van der Waals surface area (Å²) in [5, 5.41) is 10.5. The molecule has 0 spiro atoms. The van der Waals surface area contributed by atoms with E-state index in [1.165, 1.54) is 0 Å². The Morgan fingerprint density at radius 3 is 2.47 bits per heavy atom. The monoisotopic (exact) mass is 291 g/mol. The van der Waals surface area contributed by atoms with Gasteiger partial charge in [-0.05, 0) is 36.8 Å². The van der Waals surface area contributed by atoms with Crippen LogP contribution in [0.15, 0.2) is 53.1 Å². The fourth-order valence-electron chi connectivity index (χ4n) is 1.77. The summed E-state index contributed by atoms with van der Waals surface area (Å²) in [7, 11) is 0. The van der Waals surface area contributed by atoms with E-state index in [1.807, 2.05) is 49.4 Å². The van der Waals surface area contributed by atoms with Gasteiger partial charge in [-0.15, -0.1) is 0 Å². The molecule has 0 bridgehead atoms. The van der Waals surface area contributed by atoms with Crippen LogP contribution in [0.3, 0.4) is 0 Å². The number of aromatic nitrogens is 1. The van der Waals surface area contributed by atoms with Crippen LogP contribution < -0.4 is 0 Å². The van der Waals surface area contributed by atoms with E-state index in [4.69, 9.17) is 0 Å². The Bertz CT molecular complexity index is 479. The molecule has 88 valence electrons. The Morgan fingerprint density at radius 2 is 1.88 bits per heavy atom. The fourth-order valence-corrected chi connectivity index (χ4v) is 2.03. The number of nitrogens with zero attached hydrogens (tertiary/aromatic N) is 1. The maximum atomic E-state index is 10.5. The van der Waals surface area contributed by atoms with Gasteiger partial charge in [-0.1, -0.05) is 34.1 Å². The highest BCUT2D eigenvalue weighted by atomic mass is 79.9. The first-order chi connectivity index (χ1) is 8.08. The van der Waals surface area contributed by atoms with Crippen molar-refractivity contribution in [3.8, 4) is 0 Å². The number of benzene rings is 1. The molecule has 17 heavy (non-hydrogen) atoms. The van der Waals surface area contributed by atoms with Gasteiger partial charge in [-0.25, -0.2) is 0 Å². The second-order valence-corrected chi connectivity index (χ2v) is 5.19. The van der Waals surface area contributed by atoms with Crippen molar-refractivity contribution >= 4 is 15.9 Å². The average molecular weight is 292 g/mol. The average Bonchev–Trinajstić information content (AvgIpc) is 2.30. The maximum Gasteiger partial charge on any atom is 0.0923 e. The Hall–Kier alpha value is -1.19. The number of pyridine rings is 1. The normalized spacial score (nSPS) is 14.3. The van der Waals surface area contributed by atoms with Crippen LogP contribution in [0, 0.1) is 0 Å². The predicted octanol–water partition coefficient (Wildman–Crippen LogP) is 3.29. The van der Waals surface area contributed by atoms with E-state index in [-0.39, 0.29) is 0 Å². The van der Waals surface area contributed by atoms with Gasteiger partial charge in [0.25, 0.3) is 0 Å². The molecule has 1 N–H and O–H groups in total. The molecule has 0 aliphatic carbocycles. The number of rotatable bonds is 3. The van der Waals surface area contributed by atoms with Gasteiger partial charge in [0.05, 0.1) is 5.60 Å². The summed E-state index contributed by atoms with van der Waals surface area (Å²) in [5.74, 6) is 0. The second-order valence-electron chi connectivity index (χ2n) is 4.28. The van der Waals surface area contributed by atoms with Gasteiger partial charge in [-0.2, -0.15) is 0 Å². The highest BCUT2D eigenvalue weighted by Gasteiger charge is 2.23. The van der Waals surface area contributed by atoms with Gasteiger partial charge in [-0.3, -0.25) is 4.98 Å². The van der Waals surface area contributed by atoms with Gasteiger partial charge in [0.2, 0.25) is 0 Å². The molecule has 0 aliphatic rings. The predicted molar refractivity (Wildman–Crippen MR) is 71.7 cm³/mol. The van der Waals surface area contributed by atoms with Crippen molar-refractivity contribution in [2.45, 2.75) is 18.9 Å². The van der Waals surface area contributed by atoms with Crippen LogP contribution in [0.25, 0.3) is 0 Å². The van der Waals surface area contributed by atoms with Crippen LogP contribution in [0.1, 0.15) is 18.2 Å². The van der Waals surface area contributed by atoms with Crippen molar-refractivity contribution in [2.75, 3.05) is 0 Å². The molecule has 1 atom stereocenters. The lowest BCUT2D eigenvalue weighted by atomic mass is 9.91. The molecule has 1 unspecified atom stereocenters. The molecule has 1 heterocycles. The molecule has 0 radical (unpaired) electrons. The van der Waals surface area contributed by atoms with Crippen molar-refractivity contribution in [3.63, 3.8) is 0 Å². The van der Waals surface area contributed by atoms with E-state index in [0.717, 1.165) is 15.7 Å². The molecular formula is C14H14BrNO. The van der Waals surface area contributed by atoms with Crippen LogP contribution in [0.4, 0.5) is 0 Å². The fraction of sp³-hybridized carbons (Fsp3) is 0.214. The summed E-state index contributed by atoms with van der Waals surface area (Å²) in [6.07, 6.45) is 2.25. The van der Waals surface area contributed by atoms with Gasteiger partial charge < -0.3 is 5.11 Å². The minimum Gasteiger partial charge on any atom is -0.385 e. The van der Waals surface area contributed by atoms with Crippen molar-refractivity contribution in [1.82, 2.24) is 4.98 Å². The third-order valence-corrected chi connectivity index (χ3v) is 3.25. The van der Waals surface area contributed by atoms with E-state index >= 15 is 0 Å².